The molecule has 0 spiro atoms. The van der Waals surface area contributed by atoms with Gasteiger partial charge in [-0.2, -0.15) is 0 Å². The quantitative estimate of drug-likeness (QED) is 0.893. The molecule has 1 N–H and O–H groups in total. The average Bonchev–Trinajstić information content (AvgIpc) is 2.27. The zero-order chi connectivity index (χ0) is 14.0. The second-order valence-corrected chi connectivity index (χ2v) is 5.73. The van der Waals surface area contributed by atoms with Crippen molar-refractivity contribution in [1.29, 1.82) is 0 Å². The monoisotopic (exact) mass is 265 g/mol. The topological polar surface area (TPSA) is 38.3 Å². The molecule has 1 saturated heterocycles. The Balaban J connectivity index is 2.04. The molecule has 0 aliphatic carbocycles. The molecule has 0 radical (unpaired) electrons. The van der Waals surface area contributed by atoms with E-state index >= 15 is 0 Å². The predicted octanol–water partition coefficient (Wildman–Crippen LogP) is 2.82. The normalized spacial score (nSPS) is 22.0. The fraction of sp³-hybridized carbons (Fsp3) is 0.533. The van der Waals surface area contributed by atoms with Crippen molar-refractivity contribution in [3.8, 4) is 0 Å². The summed E-state index contributed by atoms with van der Waals surface area (Å²) >= 11 is 0. The van der Waals surface area contributed by atoms with Crippen LogP contribution in [0.2, 0.25) is 0 Å². The minimum absolute atomic E-state index is 0.112. The molecule has 1 atom stereocenters. The lowest BCUT2D eigenvalue weighted by Gasteiger charge is -2.35. The van der Waals surface area contributed by atoms with Gasteiger partial charge in [0.15, 0.2) is 0 Å². The van der Waals surface area contributed by atoms with Crippen molar-refractivity contribution >= 4 is 5.91 Å². The summed E-state index contributed by atoms with van der Waals surface area (Å²) in [5.41, 5.74) is 0.989. The van der Waals surface area contributed by atoms with E-state index in [1.54, 1.807) is 6.92 Å². The summed E-state index contributed by atoms with van der Waals surface area (Å²) in [6.07, 6.45) is 1.61. The van der Waals surface area contributed by atoms with Crippen molar-refractivity contribution in [1.82, 2.24) is 5.32 Å². The van der Waals surface area contributed by atoms with Crippen LogP contribution in [0.5, 0.6) is 0 Å². The summed E-state index contributed by atoms with van der Waals surface area (Å²) in [4.78, 5) is 12.2. The first kappa shape index (κ1) is 14.0. The molecule has 1 heterocycles. The van der Waals surface area contributed by atoms with Crippen molar-refractivity contribution in [2.75, 3.05) is 6.61 Å². The van der Waals surface area contributed by atoms with Crippen molar-refractivity contribution < 1.29 is 13.9 Å². The number of carbonyl (C=O) groups excluding carboxylic acids is 1. The van der Waals surface area contributed by atoms with Gasteiger partial charge in [-0.05, 0) is 57.4 Å². The first-order chi connectivity index (χ1) is 8.87. The Hall–Kier alpha value is -1.42. The SMILES string of the molecule is Cc1cc(F)ccc1C(=O)NC1CCOC(C)(C)C1. The fourth-order valence-corrected chi connectivity index (χ4v) is 2.50. The Morgan fingerprint density at radius 2 is 2.21 bits per heavy atom. The summed E-state index contributed by atoms with van der Waals surface area (Å²) in [7, 11) is 0. The molecule has 1 aliphatic rings. The van der Waals surface area contributed by atoms with E-state index in [1.165, 1.54) is 18.2 Å². The van der Waals surface area contributed by atoms with Gasteiger partial charge in [-0.3, -0.25) is 4.79 Å². The van der Waals surface area contributed by atoms with Gasteiger partial charge in [-0.25, -0.2) is 4.39 Å². The van der Waals surface area contributed by atoms with E-state index in [2.05, 4.69) is 5.32 Å². The number of ether oxygens (including phenoxy) is 1. The van der Waals surface area contributed by atoms with Crippen LogP contribution in [-0.2, 0) is 4.74 Å². The number of aryl methyl sites for hydroxylation is 1. The smallest absolute Gasteiger partial charge is 0.251 e. The van der Waals surface area contributed by atoms with E-state index in [-0.39, 0.29) is 23.4 Å². The van der Waals surface area contributed by atoms with E-state index in [0.29, 0.717) is 17.7 Å². The maximum Gasteiger partial charge on any atom is 0.251 e. The van der Waals surface area contributed by atoms with E-state index < -0.39 is 0 Å². The molecule has 1 aromatic rings. The number of rotatable bonds is 2. The van der Waals surface area contributed by atoms with Crippen LogP contribution in [0.25, 0.3) is 0 Å². The third-order valence-electron chi connectivity index (χ3n) is 3.47. The summed E-state index contributed by atoms with van der Waals surface area (Å²) < 4.78 is 18.6. The molecular weight excluding hydrogens is 245 g/mol. The van der Waals surface area contributed by atoms with Gasteiger partial charge in [-0.1, -0.05) is 0 Å². The first-order valence-corrected chi connectivity index (χ1v) is 6.58. The Kier molecular flexibility index (Phi) is 3.90. The molecule has 1 unspecified atom stereocenters. The molecule has 1 aliphatic heterocycles. The van der Waals surface area contributed by atoms with Gasteiger partial charge in [0.05, 0.1) is 5.60 Å². The van der Waals surface area contributed by atoms with Gasteiger partial charge >= 0.3 is 0 Å². The van der Waals surface area contributed by atoms with E-state index in [0.717, 1.165) is 12.8 Å². The van der Waals surface area contributed by atoms with Crippen LogP contribution in [0.15, 0.2) is 18.2 Å². The van der Waals surface area contributed by atoms with Crippen LogP contribution in [0.4, 0.5) is 4.39 Å². The lowest BCUT2D eigenvalue weighted by Crippen LogP contribution is -2.45. The van der Waals surface area contributed by atoms with Crippen molar-refractivity contribution in [2.45, 2.75) is 45.3 Å². The molecule has 1 fully saturated rings. The van der Waals surface area contributed by atoms with Crippen LogP contribution in [0.1, 0.15) is 42.6 Å². The molecule has 2 rings (SSSR count). The van der Waals surface area contributed by atoms with Gasteiger partial charge in [0.2, 0.25) is 0 Å². The highest BCUT2D eigenvalue weighted by atomic mass is 19.1. The number of halogens is 1. The van der Waals surface area contributed by atoms with E-state index in [4.69, 9.17) is 4.74 Å². The van der Waals surface area contributed by atoms with Crippen LogP contribution in [0.3, 0.4) is 0 Å². The molecule has 19 heavy (non-hydrogen) atoms. The number of nitrogens with one attached hydrogen (secondary N) is 1. The predicted molar refractivity (Wildman–Crippen MR) is 71.7 cm³/mol. The zero-order valence-corrected chi connectivity index (χ0v) is 11.6. The second kappa shape index (κ2) is 5.29. The number of amides is 1. The van der Waals surface area contributed by atoms with E-state index in [1.807, 2.05) is 13.8 Å². The van der Waals surface area contributed by atoms with Gasteiger partial charge in [0.25, 0.3) is 5.91 Å². The lowest BCUT2D eigenvalue weighted by molar-refractivity contribution is -0.0615. The van der Waals surface area contributed by atoms with Gasteiger partial charge in [0, 0.05) is 18.2 Å². The number of carbonyl (C=O) groups is 1. The highest BCUT2D eigenvalue weighted by Crippen LogP contribution is 2.24. The minimum Gasteiger partial charge on any atom is -0.375 e. The minimum atomic E-state index is -0.318. The molecule has 4 heteroatoms. The molecule has 3 nitrogen and oxygen atoms in total. The van der Waals surface area contributed by atoms with Crippen LogP contribution >= 0.6 is 0 Å². The zero-order valence-electron chi connectivity index (χ0n) is 11.6. The van der Waals surface area contributed by atoms with Crippen LogP contribution < -0.4 is 5.32 Å². The van der Waals surface area contributed by atoms with Crippen molar-refractivity contribution in [2.24, 2.45) is 0 Å². The van der Waals surface area contributed by atoms with Gasteiger partial charge in [0.1, 0.15) is 5.82 Å². The molecular formula is C15H20FNO2. The maximum absolute atomic E-state index is 13.0. The Morgan fingerprint density at radius 3 is 2.84 bits per heavy atom. The number of benzene rings is 1. The van der Waals surface area contributed by atoms with E-state index in [9.17, 15) is 9.18 Å². The third kappa shape index (κ3) is 3.53. The summed E-state index contributed by atoms with van der Waals surface area (Å²) in [6.45, 7) is 6.44. The maximum atomic E-state index is 13.0. The lowest BCUT2D eigenvalue weighted by atomic mass is 9.93. The summed E-state index contributed by atoms with van der Waals surface area (Å²) in [5, 5.41) is 3.01. The molecule has 104 valence electrons. The summed E-state index contributed by atoms with van der Waals surface area (Å²) in [6, 6.07) is 4.34. The van der Waals surface area contributed by atoms with Crippen molar-refractivity contribution in [3.05, 3.63) is 35.1 Å². The highest BCUT2D eigenvalue weighted by Gasteiger charge is 2.29. The average molecular weight is 265 g/mol. The highest BCUT2D eigenvalue weighted by molar-refractivity contribution is 5.95. The number of hydrogen-bond donors (Lipinski definition) is 1. The fourth-order valence-electron chi connectivity index (χ4n) is 2.50. The molecule has 0 saturated carbocycles. The van der Waals surface area contributed by atoms with Gasteiger partial charge in [-0.15, -0.1) is 0 Å². The third-order valence-corrected chi connectivity index (χ3v) is 3.47. The first-order valence-electron chi connectivity index (χ1n) is 6.58. The second-order valence-electron chi connectivity index (χ2n) is 5.73. The van der Waals surface area contributed by atoms with Crippen LogP contribution in [-0.4, -0.2) is 24.2 Å². The molecule has 0 aromatic heterocycles. The molecule has 1 amide bonds. The van der Waals surface area contributed by atoms with Crippen molar-refractivity contribution in [3.63, 3.8) is 0 Å². The Bertz CT molecular complexity index is 485. The number of hydrogen-bond acceptors (Lipinski definition) is 2. The molecule has 0 bridgehead atoms. The molecule has 1 aromatic carbocycles. The largest absolute Gasteiger partial charge is 0.375 e. The summed E-state index contributed by atoms with van der Waals surface area (Å²) in [5.74, 6) is -0.457. The van der Waals surface area contributed by atoms with Crippen LogP contribution in [0, 0.1) is 12.7 Å². The van der Waals surface area contributed by atoms with Gasteiger partial charge < -0.3 is 10.1 Å². The Morgan fingerprint density at radius 1 is 1.47 bits per heavy atom. The Labute approximate surface area is 113 Å². The standard InChI is InChI=1S/C15H20FNO2/c1-10-8-11(16)4-5-13(10)14(18)17-12-6-7-19-15(2,3)9-12/h4-5,8,12H,6-7,9H2,1-3H3,(H,17,18).